The monoisotopic (exact) mass is 193 g/mol. The summed E-state index contributed by atoms with van der Waals surface area (Å²) in [6.07, 6.45) is 2.76. The van der Waals surface area contributed by atoms with Gasteiger partial charge >= 0.3 is 0 Å². The molecule has 0 aromatic rings. The Labute approximate surface area is 73.5 Å². The van der Waals surface area contributed by atoms with Gasteiger partial charge < -0.3 is 4.74 Å². The molecule has 0 fully saturated rings. The van der Waals surface area contributed by atoms with Gasteiger partial charge in [0.2, 0.25) is 10.0 Å². The van der Waals surface area contributed by atoms with Crippen molar-refractivity contribution in [1.29, 1.82) is 0 Å². The van der Waals surface area contributed by atoms with Crippen LogP contribution in [-0.4, -0.2) is 27.4 Å². The van der Waals surface area contributed by atoms with Gasteiger partial charge in [0.1, 0.15) is 0 Å². The minimum atomic E-state index is -3.47. The smallest absolute Gasteiger partial charge is 0.214 e. The van der Waals surface area contributed by atoms with Crippen LogP contribution in [-0.2, 0) is 14.8 Å². The van der Waals surface area contributed by atoms with Crippen LogP contribution < -0.4 is 5.14 Å². The highest BCUT2D eigenvalue weighted by Gasteiger charge is 2.19. The lowest BCUT2D eigenvalue weighted by Crippen LogP contribution is -2.32. The van der Waals surface area contributed by atoms with Gasteiger partial charge in [-0.05, 0) is 12.8 Å². The van der Waals surface area contributed by atoms with Crippen molar-refractivity contribution in [2.75, 3.05) is 13.7 Å². The van der Waals surface area contributed by atoms with E-state index in [2.05, 4.69) is 6.58 Å². The number of methoxy groups -OCH3 is 1. The maximum atomic E-state index is 10.9. The first-order valence-electron chi connectivity index (χ1n) is 3.63. The normalized spacial score (nSPS) is 14.2. The Balaban J connectivity index is 4.13. The molecule has 72 valence electrons. The first kappa shape index (κ1) is 11.6. The second-order valence-corrected chi connectivity index (χ2v) is 4.38. The molecule has 1 atom stereocenters. The van der Waals surface area contributed by atoms with Crippen LogP contribution in [0.1, 0.15) is 12.8 Å². The van der Waals surface area contributed by atoms with E-state index in [9.17, 15) is 8.42 Å². The summed E-state index contributed by atoms with van der Waals surface area (Å²) in [5.74, 6) is 0. The molecule has 0 bridgehead atoms. The summed E-state index contributed by atoms with van der Waals surface area (Å²) in [6.45, 7) is 3.64. The summed E-state index contributed by atoms with van der Waals surface area (Å²) in [4.78, 5) is 0. The molecule has 0 unspecified atom stereocenters. The molecule has 0 rings (SSSR count). The fourth-order valence-corrected chi connectivity index (χ4v) is 1.62. The Morgan fingerprint density at radius 1 is 1.67 bits per heavy atom. The number of hydrogen-bond acceptors (Lipinski definition) is 3. The van der Waals surface area contributed by atoms with E-state index in [1.54, 1.807) is 6.08 Å². The molecule has 4 nitrogen and oxygen atoms in total. The fourth-order valence-electron chi connectivity index (χ4n) is 0.832. The van der Waals surface area contributed by atoms with Crippen LogP contribution in [0.4, 0.5) is 0 Å². The first-order valence-corrected chi connectivity index (χ1v) is 5.24. The minimum absolute atomic E-state index is 0.146. The summed E-state index contributed by atoms with van der Waals surface area (Å²) in [7, 11) is -2.02. The van der Waals surface area contributed by atoms with E-state index in [4.69, 9.17) is 9.88 Å². The maximum Gasteiger partial charge on any atom is 0.214 e. The van der Waals surface area contributed by atoms with E-state index in [0.717, 1.165) is 0 Å². The highest BCUT2D eigenvalue weighted by Crippen LogP contribution is 2.05. The van der Waals surface area contributed by atoms with Crippen molar-refractivity contribution >= 4 is 10.0 Å². The van der Waals surface area contributed by atoms with Crippen molar-refractivity contribution in [3.05, 3.63) is 12.7 Å². The highest BCUT2D eigenvalue weighted by molar-refractivity contribution is 7.89. The van der Waals surface area contributed by atoms with Crippen LogP contribution in [0.25, 0.3) is 0 Å². The van der Waals surface area contributed by atoms with Crippen LogP contribution in [0.2, 0.25) is 0 Å². The predicted molar refractivity (Wildman–Crippen MR) is 48.2 cm³/mol. The van der Waals surface area contributed by atoms with Gasteiger partial charge in [0.15, 0.2) is 0 Å². The van der Waals surface area contributed by atoms with Crippen molar-refractivity contribution in [2.45, 2.75) is 18.1 Å². The fraction of sp³-hybridized carbons (Fsp3) is 0.714. The topological polar surface area (TPSA) is 69.4 Å². The maximum absolute atomic E-state index is 10.9. The zero-order valence-electron chi connectivity index (χ0n) is 7.19. The quantitative estimate of drug-likeness (QED) is 0.615. The van der Waals surface area contributed by atoms with Crippen molar-refractivity contribution < 1.29 is 13.2 Å². The lowest BCUT2D eigenvalue weighted by Gasteiger charge is -2.11. The van der Waals surface area contributed by atoms with E-state index in [-0.39, 0.29) is 6.61 Å². The van der Waals surface area contributed by atoms with Gasteiger partial charge in [-0.1, -0.05) is 6.08 Å². The molecule has 0 radical (unpaired) electrons. The van der Waals surface area contributed by atoms with Gasteiger partial charge in [-0.15, -0.1) is 6.58 Å². The average molecular weight is 193 g/mol. The largest absolute Gasteiger partial charge is 0.383 e. The number of allylic oxidation sites excluding steroid dienone is 1. The van der Waals surface area contributed by atoms with Crippen LogP contribution in [0.3, 0.4) is 0 Å². The molecule has 0 aromatic heterocycles. The molecule has 0 aliphatic carbocycles. The Bertz CT molecular complexity index is 223. The number of nitrogens with two attached hydrogens (primary N) is 1. The Kier molecular flexibility index (Phi) is 5.12. The molecular weight excluding hydrogens is 178 g/mol. The summed E-state index contributed by atoms with van der Waals surface area (Å²) in [6, 6.07) is 0. The Morgan fingerprint density at radius 3 is 2.58 bits per heavy atom. The second kappa shape index (κ2) is 5.29. The summed E-state index contributed by atoms with van der Waals surface area (Å²) in [5, 5.41) is 4.35. The molecule has 0 saturated heterocycles. The Morgan fingerprint density at radius 2 is 2.25 bits per heavy atom. The van der Waals surface area contributed by atoms with Crippen molar-refractivity contribution in [1.82, 2.24) is 0 Å². The zero-order chi connectivity index (χ0) is 9.61. The van der Waals surface area contributed by atoms with E-state index in [1.807, 2.05) is 0 Å². The molecule has 5 heteroatoms. The molecule has 2 N–H and O–H groups in total. The summed E-state index contributed by atoms with van der Waals surface area (Å²) in [5.41, 5.74) is 0. The number of ether oxygens (including phenoxy) is 1. The van der Waals surface area contributed by atoms with Crippen LogP contribution in [0.15, 0.2) is 12.7 Å². The van der Waals surface area contributed by atoms with E-state index >= 15 is 0 Å². The zero-order valence-corrected chi connectivity index (χ0v) is 8.01. The Hall–Kier alpha value is -0.390. The number of primary sulfonamides is 1. The van der Waals surface area contributed by atoms with Crippen LogP contribution in [0, 0.1) is 0 Å². The van der Waals surface area contributed by atoms with Crippen molar-refractivity contribution in [2.24, 2.45) is 5.14 Å². The first-order chi connectivity index (χ1) is 5.52. The van der Waals surface area contributed by atoms with Crippen LogP contribution >= 0.6 is 0 Å². The molecule has 0 saturated carbocycles. The standard InChI is InChI=1S/C7H15NO3S/c1-3-4-5-7(6-11-2)12(8,9)10/h3,7H,1,4-6H2,2H3,(H2,8,9,10)/t7-/m0/s1. The SMILES string of the molecule is C=CCC[C@@H](COC)S(N)(=O)=O. The van der Waals surface area contributed by atoms with E-state index in [0.29, 0.717) is 12.8 Å². The molecule has 0 aromatic carbocycles. The second-order valence-electron chi connectivity index (χ2n) is 2.53. The van der Waals surface area contributed by atoms with Crippen molar-refractivity contribution in [3.8, 4) is 0 Å². The molecule has 0 amide bonds. The number of rotatable bonds is 6. The summed E-state index contributed by atoms with van der Waals surface area (Å²) < 4.78 is 26.5. The molecule has 0 spiro atoms. The van der Waals surface area contributed by atoms with E-state index in [1.165, 1.54) is 7.11 Å². The molecule has 0 aliphatic heterocycles. The number of hydrogen-bond donors (Lipinski definition) is 1. The summed E-state index contributed by atoms with van der Waals surface area (Å²) >= 11 is 0. The van der Waals surface area contributed by atoms with Gasteiger partial charge in [-0.2, -0.15) is 0 Å². The van der Waals surface area contributed by atoms with Crippen LogP contribution in [0.5, 0.6) is 0 Å². The van der Waals surface area contributed by atoms with Gasteiger partial charge in [0, 0.05) is 7.11 Å². The van der Waals surface area contributed by atoms with Gasteiger partial charge in [0.25, 0.3) is 0 Å². The third-order valence-corrected chi connectivity index (χ3v) is 2.81. The molecule has 12 heavy (non-hydrogen) atoms. The third kappa shape index (κ3) is 4.48. The lowest BCUT2D eigenvalue weighted by molar-refractivity contribution is 0.194. The van der Waals surface area contributed by atoms with E-state index < -0.39 is 15.3 Å². The minimum Gasteiger partial charge on any atom is -0.383 e. The van der Waals surface area contributed by atoms with Gasteiger partial charge in [-0.3, -0.25) is 0 Å². The molecule has 0 aliphatic rings. The van der Waals surface area contributed by atoms with Gasteiger partial charge in [0.05, 0.1) is 11.9 Å². The molecule has 0 heterocycles. The third-order valence-electron chi connectivity index (χ3n) is 1.51. The van der Waals surface area contributed by atoms with Crippen molar-refractivity contribution in [3.63, 3.8) is 0 Å². The predicted octanol–water partition coefficient (Wildman–Crippen LogP) is 0.256. The average Bonchev–Trinajstić information content (AvgIpc) is 1.95. The number of sulfonamides is 1. The lowest BCUT2D eigenvalue weighted by atomic mass is 10.2. The van der Waals surface area contributed by atoms with Gasteiger partial charge in [-0.25, -0.2) is 13.6 Å². The highest BCUT2D eigenvalue weighted by atomic mass is 32.2. The molecular formula is C7H15NO3S.